The summed E-state index contributed by atoms with van der Waals surface area (Å²) in [5.74, 6) is 0. The first kappa shape index (κ1) is 12.9. The van der Waals surface area contributed by atoms with Crippen molar-refractivity contribution in [3.8, 4) is 0 Å². The van der Waals surface area contributed by atoms with E-state index >= 15 is 0 Å². The largest absolute Gasteiger partial charge is 0.364 e. The standard InChI is InChI=1S/C13H12ClN3O3/c14-10-8-9(17(18)19)3-4-12(10)16-6-1-2-13(16)11-5-7-20-15-11/h3-5,7-8,13H,1-2,6H2/t13-/m0/s1. The van der Waals surface area contributed by atoms with Gasteiger partial charge >= 0.3 is 0 Å². The number of aromatic nitrogens is 1. The maximum absolute atomic E-state index is 10.7. The predicted molar refractivity (Wildman–Crippen MR) is 73.9 cm³/mol. The Balaban J connectivity index is 1.94. The first-order valence-corrected chi connectivity index (χ1v) is 6.65. The molecule has 2 heterocycles. The first-order valence-electron chi connectivity index (χ1n) is 6.27. The van der Waals surface area contributed by atoms with Crippen LogP contribution in [0.2, 0.25) is 5.02 Å². The maximum Gasteiger partial charge on any atom is 0.271 e. The highest BCUT2D eigenvalue weighted by Crippen LogP contribution is 2.39. The minimum Gasteiger partial charge on any atom is -0.364 e. The summed E-state index contributed by atoms with van der Waals surface area (Å²) in [5, 5.41) is 15.1. The monoisotopic (exact) mass is 293 g/mol. The molecule has 0 bridgehead atoms. The zero-order valence-electron chi connectivity index (χ0n) is 10.5. The second-order valence-electron chi connectivity index (χ2n) is 4.67. The fraction of sp³-hybridized carbons (Fsp3) is 0.308. The number of nitro groups is 1. The third kappa shape index (κ3) is 2.22. The van der Waals surface area contributed by atoms with Gasteiger partial charge in [0.05, 0.1) is 21.7 Å². The van der Waals surface area contributed by atoms with Crippen molar-refractivity contribution in [3.05, 3.63) is 51.4 Å². The summed E-state index contributed by atoms with van der Waals surface area (Å²) in [5.41, 5.74) is 1.65. The zero-order valence-corrected chi connectivity index (χ0v) is 11.3. The Morgan fingerprint density at radius 1 is 1.45 bits per heavy atom. The van der Waals surface area contributed by atoms with Gasteiger partial charge in [-0.1, -0.05) is 16.8 Å². The molecule has 1 atom stereocenters. The van der Waals surface area contributed by atoms with Gasteiger partial charge in [0, 0.05) is 24.7 Å². The number of hydrogen-bond acceptors (Lipinski definition) is 5. The number of nitrogens with zero attached hydrogens (tertiary/aromatic N) is 3. The summed E-state index contributed by atoms with van der Waals surface area (Å²) in [6, 6.07) is 6.49. The summed E-state index contributed by atoms with van der Waals surface area (Å²) < 4.78 is 4.89. The Labute approximate surface area is 120 Å². The zero-order chi connectivity index (χ0) is 14.1. The molecule has 1 aliphatic heterocycles. The quantitative estimate of drug-likeness (QED) is 0.639. The molecule has 1 aliphatic rings. The third-order valence-corrected chi connectivity index (χ3v) is 3.81. The maximum atomic E-state index is 10.7. The lowest BCUT2D eigenvalue weighted by molar-refractivity contribution is -0.384. The van der Waals surface area contributed by atoms with E-state index in [1.165, 1.54) is 12.1 Å². The van der Waals surface area contributed by atoms with Gasteiger partial charge < -0.3 is 9.42 Å². The third-order valence-electron chi connectivity index (χ3n) is 3.50. The highest BCUT2D eigenvalue weighted by atomic mass is 35.5. The normalized spacial score (nSPS) is 18.4. The van der Waals surface area contributed by atoms with Gasteiger partial charge in [-0.15, -0.1) is 0 Å². The van der Waals surface area contributed by atoms with E-state index in [1.807, 2.05) is 6.07 Å². The van der Waals surface area contributed by atoms with Crippen molar-refractivity contribution < 1.29 is 9.45 Å². The molecule has 1 aromatic carbocycles. The fourth-order valence-electron chi connectivity index (χ4n) is 2.60. The van der Waals surface area contributed by atoms with Crippen LogP contribution in [0.5, 0.6) is 0 Å². The SMILES string of the molecule is O=[N+]([O-])c1ccc(N2CCC[C@H]2c2ccon2)c(Cl)c1. The van der Waals surface area contributed by atoms with Gasteiger partial charge in [-0.25, -0.2) is 0 Å². The van der Waals surface area contributed by atoms with Crippen molar-refractivity contribution in [2.24, 2.45) is 0 Å². The molecule has 0 amide bonds. The molecule has 1 aromatic heterocycles. The van der Waals surface area contributed by atoms with Gasteiger partial charge in [-0.3, -0.25) is 10.1 Å². The summed E-state index contributed by atoms with van der Waals surface area (Å²) in [7, 11) is 0. The molecule has 1 saturated heterocycles. The van der Waals surface area contributed by atoms with E-state index in [1.54, 1.807) is 12.3 Å². The molecule has 0 saturated carbocycles. The molecule has 7 heteroatoms. The van der Waals surface area contributed by atoms with Crippen LogP contribution in [0.25, 0.3) is 0 Å². The molecule has 0 aliphatic carbocycles. The van der Waals surface area contributed by atoms with Gasteiger partial charge in [0.25, 0.3) is 5.69 Å². The van der Waals surface area contributed by atoms with E-state index in [-0.39, 0.29) is 11.7 Å². The number of benzene rings is 1. The number of rotatable bonds is 3. The molecule has 0 radical (unpaired) electrons. The summed E-state index contributed by atoms with van der Waals surface area (Å²) in [6.45, 7) is 0.842. The predicted octanol–water partition coefficient (Wildman–Crippen LogP) is 3.58. The molecule has 0 N–H and O–H groups in total. The molecule has 0 unspecified atom stereocenters. The van der Waals surface area contributed by atoms with Crippen LogP contribution in [0.3, 0.4) is 0 Å². The van der Waals surface area contributed by atoms with Gasteiger partial charge in [0.1, 0.15) is 12.0 Å². The fourth-order valence-corrected chi connectivity index (χ4v) is 2.88. The van der Waals surface area contributed by atoms with Gasteiger partial charge in [-0.05, 0) is 18.9 Å². The van der Waals surface area contributed by atoms with Gasteiger partial charge in [0.15, 0.2) is 0 Å². The Bertz CT molecular complexity index is 630. The molecule has 3 rings (SSSR count). The van der Waals surface area contributed by atoms with Crippen molar-refractivity contribution in [2.45, 2.75) is 18.9 Å². The van der Waals surface area contributed by atoms with E-state index in [0.717, 1.165) is 30.8 Å². The van der Waals surface area contributed by atoms with Crippen LogP contribution in [-0.4, -0.2) is 16.6 Å². The highest BCUT2D eigenvalue weighted by Gasteiger charge is 2.29. The minimum atomic E-state index is -0.450. The highest BCUT2D eigenvalue weighted by molar-refractivity contribution is 6.33. The Kier molecular flexibility index (Phi) is 3.31. The molecule has 104 valence electrons. The minimum absolute atomic E-state index is 0.00377. The molecule has 6 nitrogen and oxygen atoms in total. The van der Waals surface area contributed by atoms with Crippen molar-refractivity contribution in [1.29, 1.82) is 0 Å². The molecule has 2 aromatic rings. The topological polar surface area (TPSA) is 72.4 Å². The lowest BCUT2D eigenvalue weighted by Gasteiger charge is -2.26. The number of nitro benzene ring substituents is 1. The van der Waals surface area contributed by atoms with E-state index in [0.29, 0.717) is 5.02 Å². The van der Waals surface area contributed by atoms with E-state index in [4.69, 9.17) is 16.1 Å². The Morgan fingerprint density at radius 3 is 2.95 bits per heavy atom. The second-order valence-corrected chi connectivity index (χ2v) is 5.08. The van der Waals surface area contributed by atoms with Crippen LogP contribution in [0.1, 0.15) is 24.6 Å². The summed E-state index contributed by atoms with van der Waals surface area (Å²) >= 11 is 6.19. The van der Waals surface area contributed by atoms with Crippen molar-refractivity contribution in [1.82, 2.24) is 5.16 Å². The average molecular weight is 294 g/mol. The molecule has 20 heavy (non-hydrogen) atoms. The lowest BCUT2D eigenvalue weighted by atomic mass is 10.1. The summed E-state index contributed by atoms with van der Waals surface area (Å²) in [6.07, 6.45) is 3.52. The van der Waals surface area contributed by atoms with Crippen molar-refractivity contribution in [3.63, 3.8) is 0 Å². The number of anilines is 1. The Hall–Kier alpha value is -2.08. The smallest absolute Gasteiger partial charge is 0.271 e. The van der Waals surface area contributed by atoms with Crippen LogP contribution < -0.4 is 4.90 Å². The summed E-state index contributed by atoms with van der Waals surface area (Å²) in [4.78, 5) is 12.4. The number of halogens is 1. The average Bonchev–Trinajstić information content (AvgIpc) is 3.09. The number of non-ortho nitro benzene ring substituents is 1. The van der Waals surface area contributed by atoms with Crippen molar-refractivity contribution >= 4 is 23.0 Å². The van der Waals surface area contributed by atoms with Gasteiger partial charge in [0.2, 0.25) is 0 Å². The van der Waals surface area contributed by atoms with Crippen LogP contribution in [-0.2, 0) is 0 Å². The van der Waals surface area contributed by atoms with Crippen LogP contribution in [0.15, 0.2) is 35.1 Å². The van der Waals surface area contributed by atoms with Gasteiger partial charge in [-0.2, -0.15) is 0 Å². The molecule has 0 spiro atoms. The van der Waals surface area contributed by atoms with Crippen molar-refractivity contribution in [2.75, 3.05) is 11.4 Å². The van der Waals surface area contributed by atoms with Crippen LogP contribution in [0.4, 0.5) is 11.4 Å². The van der Waals surface area contributed by atoms with E-state index in [2.05, 4.69) is 10.1 Å². The molecular formula is C13H12ClN3O3. The molecular weight excluding hydrogens is 282 g/mol. The first-order chi connectivity index (χ1) is 9.66. The Morgan fingerprint density at radius 2 is 2.30 bits per heavy atom. The van der Waals surface area contributed by atoms with E-state index in [9.17, 15) is 10.1 Å². The van der Waals surface area contributed by atoms with Crippen LogP contribution >= 0.6 is 11.6 Å². The van der Waals surface area contributed by atoms with E-state index < -0.39 is 4.92 Å². The van der Waals surface area contributed by atoms with Crippen LogP contribution in [0, 0.1) is 10.1 Å². The second kappa shape index (κ2) is 5.13. The lowest BCUT2D eigenvalue weighted by Crippen LogP contribution is -2.23. The molecule has 1 fully saturated rings. The number of hydrogen-bond donors (Lipinski definition) is 0.